The van der Waals surface area contributed by atoms with Crippen LogP contribution in [0.4, 0.5) is 17.6 Å². The SMILES string of the molecule is Fc1cccn2c(-c3ccnc(C(F)(F)F)n3)cnc12. The van der Waals surface area contributed by atoms with Gasteiger partial charge in [-0.1, -0.05) is 0 Å². The van der Waals surface area contributed by atoms with Crippen LogP contribution in [0.3, 0.4) is 0 Å². The van der Waals surface area contributed by atoms with Gasteiger partial charge in [0, 0.05) is 12.4 Å². The fraction of sp³-hybridized carbons (Fsp3) is 0.0833. The molecule has 3 rings (SSSR count). The smallest absolute Gasteiger partial charge is 0.296 e. The van der Waals surface area contributed by atoms with Gasteiger partial charge in [0.1, 0.15) is 0 Å². The van der Waals surface area contributed by atoms with Crippen molar-refractivity contribution in [1.29, 1.82) is 0 Å². The van der Waals surface area contributed by atoms with E-state index >= 15 is 0 Å². The summed E-state index contributed by atoms with van der Waals surface area (Å²) < 4.78 is 52.6. The minimum absolute atomic E-state index is 0.0189. The Hall–Kier alpha value is -2.51. The zero-order valence-corrected chi connectivity index (χ0v) is 9.76. The predicted octanol–water partition coefficient (Wildman–Crippen LogP) is 2.95. The van der Waals surface area contributed by atoms with E-state index in [0.29, 0.717) is 0 Å². The van der Waals surface area contributed by atoms with Crippen LogP contribution in [0.2, 0.25) is 0 Å². The Balaban J connectivity index is 2.19. The van der Waals surface area contributed by atoms with Crippen molar-refractivity contribution in [3.63, 3.8) is 0 Å². The first-order valence-corrected chi connectivity index (χ1v) is 5.49. The van der Waals surface area contributed by atoms with Crippen molar-refractivity contribution in [2.75, 3.05) is 0 Å². The molecule has 4 nitrogen and oxygen atoms in total. The Kier molecular flexibility index (Phi) is 2.66. The van der Waals surface area contributed by atoms with E-state index in [4.69, 9.17) is 0 Å². The largest absolute Gasteiger partial charge is 0.451 e. The molecule has 0 amide bonds. The molecule has 0 saturated carbocycles. The fourth-order valence-electron chi connectivity index (χ4n) is 1.80. The van der Waals surface area contributed by atoms with Crippen molar-refractivity contribution < 1.29 is 17.6 Å². The molecule has 20 heavy (non-hydrogen) atoms. The van der Waals surface area contributed by atoms with Gasteiger partial charge in [-0.15, -0.1) is 0 Å². The number of hydrogen-bond acceptors (Lipinski definition) is 3. The topological polar surface area (TPSA) is 43.1 Å². The number of imidazole rings is 1. The van der Waals surface area contributed by atoms with Gasteiger partial charge in [-0.2, -0.15) is 13.2 Å². The number of aromatic nitrogens is 4. The summed E-state index contributed by atoms with van der Waals surface area (Å²) in [6.07, 6.45) is -0.872. The van der Waals surface area contributed by atoms with Gasteiger partial charge < -0.3 is 0 Å². The first kappa shape index (κ1) is 12.5. The maximum absolute atomic E-state index is 13.5. The molecule has 0 aliphatic rings. The molecular formula is C12H6F4N4. The number of hydrogen-bond donors (Lipinski definition) is 0. The van der Waals surface area contributed by atoms with Crippen LogP contribution in [0.1, 0.15) is 5.82 Å². The molecule has 102 valence electrons. The summed E-state index contributed by atoms with van der Waals surface area (Å²) in [4.78, 5) is 10.5. The van der Waals surface area contributed by atoms with E-state index in [1.54, 1.807) is 0 Å². The van der Waals surface area contributed by atoms with Crippen molar-refractivity contribution in [2.45, 2.75) is 6.18 Å². The minimum atomic E-state index is -4.64. The van der Waals surface area contributed by atoms with Gasteiger partial charge in [-0.25, -0.2) is 19.3 Å². The van der Waals surface area contributed by atoms with Gasteiger partial charge in [0.2, 0.25) is 5.82 Å². The van der Waals surface area contributed by atoms with Crippen LogP contribution in [0.15, 0.2) is 36.8 Å². The van der Waals surface area contributed by atoms with E-state index in [1.807, 2.05) is 0 Å². The number of alkyl halides is 3. The van der Waals surface area contributed by atoms with Gasteiger partial charge in [-0.3, -0.25) is 4.40 Å². The van der Waals surface area contributed by atoms with Crippen LogP contribution >= 0.6 is 0 Å². The Morgan fingerprint density at radius 3 is 2.65 bits per heavy atom. The van der Waals surface area contributed by atoms with E-state index in [2.05, 4.69) is 15.0 Å². The number of nitrogens with zero attached hydrogens (tertiary/aromatic N) is 4. The predicted molar refractivity (Wildman–Crippen MR) is 61.2 cm³/mol. The summed E-state index contributed by atoms with van der Waals surface area (Å²) in [6.45, 7) is 0. The summed E-state index contributed by atoms with van der Waals surface area (Å²) in [7, 11) is 0. The van der Waals surface area contributed by atoms with Crippen molar-refractivity contribution in [3.05, 3.63) is 48.4 Å². The monoisotopic (exact) mass is 282 g/mol. The highest BCUT2D eigenvalue weighted by molar-refractivity contribution is 5.60. The summed E-state index contributed by atoms with van der Waals surface area (Å²) in [6, 6.07) is 3.95. The van der Waals surface area contributed by atoms with Gasteiger partial charge in [-0.05, 0) is 18.2 Å². The van der Waals surface area contributed by atoms with Crippen molar-refractivity contribution in [3.8, 4) is 11.4 Å². The maximum Gasteiger partial charge on any atom is 0.451 e. The Morgan fingerprint density at radius 1 is 1.10 bits per heavy atom. The lowest BCUT2D eigenvalue weighted by molar-refractivity contribution is -0.144. The highest BCUT2D eigenvalue weighted by Gasteiger charge is 2.34. The van der Waals surface area contributed by atoms with Crippen LogP contribution in [-0.4, -0.2) is 19.4 Å². The summed E-state index contributed by atoms with van der Waals surface area (Å²) in [5, 5.41) is 0. The molecule has 3 aromatic rings. The standard InChI is InChI=1S/C12H6F4N4/c13-7-2-1-5-20-9(6-18-10(7)20)8-3-4-17-11(19-8)12(14,15)16/h1-6H. The second kappa shape index (κ2) is 4.26. The van der Waals surface area contributed by atoms with Crippen LogP contribution in [0, 0.1) is 5.82 Å². The second-order valence-corrected chi connectivity index (χ2v) is 3.96. The van der Waals surface area contributed by atoms with E-state index in [-0.39, 0.29) is 17.0 Å². The van der Waals surface area contributed by atoms with Crippen molar-refractivity contribution in [2.24, 2.45) is 0 Å². The average molecular weight is 282 g/mol. The molecule has 0 unspecified atom stereocenters. The molecule has 0 aliphatic heterocycles. The van der Waals surface area contributed by atoms with Crippen molar-refractivity contribution >= 4 is 5.65 Å². The highest BCUT2D eigenvalue weighted by Crippen LogP contribution is 2.28. The quantitative estimate of drug-likeness (QED) is 0.644. The molecule has 0 fully saturated rings. The fourth-order valence-corrected chi connectivity index (χ4v) is 1.80. The summed E-state index contributed by atoms with van der Waals surface area (Å²) >= 11 is 0. The number of halogens is 4. The molecule has 0 spiro atoms. The molecule has 8 heteroatoms. The molecule has 0 atom stereocenters. The molecule has 3 heterocycles. The van der Waals surface area contributed by atoms with E-state index in [9.17, 15) is 17.6 Å². The number of pyridine rings is 1. The lowest BCUT2D eigenvalue weighted by Crippen LogP contribution is -2.11. The first-order valence-electron chi connectivity index (χ1n) is 5.49. The third-order valence-corrected chi connectivity index (χ3v) is 2.66. The van der Waals surface area contributed by atoms with Gasteiger partial charge in [0.15, 0.2) is 11.5 Å². The molecule has 0 radical (unpaired) electrons. The van der Waals surface area contributed by atoms with Crippen molar-refractivity contribution in [1.82, 2.24) is 19.4 Å². The maximum atomic E-state index is 13.5. The average Bonchev–Trinajstić information content (AvgIpc) is 2.83. The van der Waals surface area contributed by atoms with E-state index < -0.39 is 17.8 Å². The van der Waals surface area contributed by atoms with Gasteiger partial charge in [0.05, 0.1) is 17.6 Å². The van der Waals surface area contributed by atoms with Crippen LogP contribution in [0.25, 0.3) is 17.0 Å². The zero-order chi connectivity index (χ0) is 14.3. The normalized spacial score (nSPS) is 12.0. The highest BCUT2D eigenvalue weighted by atomic mass is 19.4. The third kappa shape index (κ3) is 1.98. The number of rotatable bonds is 1. The second-order valence-electron chi connectivity index (χ2n) is 3.96. The lowest BCUT2D eigenvalue weighted by Gasteiger charge is -2.06. The minimum Gasteiger partial charge on any atom is -0.296 e. The summed E-state index contributed by atoms with van der Waals surface area (Å²) in [5.74, 6) is -1.81. The molecule has 0 N–H and O–H groups in total. The van der Waals surface area contributed by atoms with Crippen LogP contribution in [-0.2, 0) is 6.18 Å². The Morgan fingerprint density at radius 2 is 1.90 bits per heavy atom. The summed E-state index contributed by atoms with van der Waals surface area (Å²) in [5.41, 5.74) is 0.299. The molecular weight excluding hydrogens is 276 g/mol. The van der Waals surface area contributed by atoms with Crippen LogP contribution < -0.4 is 0 Å². The van der Waals surface area contributed by atoms with Gasteiger partial charge >= 0.3 is 6.18 Å². The Bertz CT molecular complexity index is 778. The molecule has 0 aromatic carbocycles. The first-order chi connectivity index (χ1) is 9.47. The Labute approximate surface area is 109 Å². The van der Waals surface area contributed by atoms with Crippen LogP contribution in [0.5, 0.6) is 0 Å². The van der Waals surface area contributed by atoms with E-state index in [0.717, 1.165) is 6.20 Å². The molecule has 0 saturated heterocycles. The lowest BCUT2D eigenvalue weighted by atomic mass is 10.3. The van der Waals surface area contributed by atoms with Gasteiger partial charge in [0.25, 0.3) is 0 Å². The third-order valence-electron chi connectivity index (χ3n) is 2.66. The molecule has 0 bridgehead atoms. The number of fused-ring (bicyclic) bond motifs is 1. The zero-order valence-electron chi connectivity index (χ0n) is 9.76. The van der Waals surface area contributed by atoms with E-state index in [1.165, 1.54) is 35.0 Å². The molecule has 0 aliphatic carbocycles. The molecule has 3 aromatic heterocycles.